The molecule has 14 heteroatoms. The maximum atomic E-state index is 12.7. The summed E-state index contributed by atoms with van der Waals surface area (Å²) < 4.78 is 50.7. The van der Waals surface area contributed by atoms with Gasteiger partial charge in [-0.3, -0.25) is 5.21 Å². The molecule has 2 aromatic rings. The molecule has 2 aromatic carbocycles. The van der Waals surface area contributed by atoms with Crippen LogP contribution in [-0.2, 0) is 19.9 Å². The molecule has 0 bridgehead atoms. The van der Waals surface area contributed by atoms with Crippen LogP contribution < -0.4 is 20.6 Å². The second kappa shape index (κ2) is 7.99. The number of hydrogen-bond acceptors (Lipinski definition) is 11. The summed E-state index contributed by atoms with van der Waals surface area (Å²) in [5, 5.41) is 40.8. The second-order valence-electron chi connectivity index (χ2n) is 6.70. The van der Waals surface area contributed by atoms with Crippen LogP contribution in [0.5, 0.6) is 0 Å². The molecule has 2 heterocycles. The predicted molar refractivity (Wildman–Crippen MR) is 111 cm³/mol. The number of primary sulfonamides is 1. The van der Waals surface area contributed by atoms with Gasteiger partial charge < -0.3 is 5.11 Å². The Kier molecular flexibility index (Phi) is 5.47. The minimum absolute atomic E-state index is 0.211. The normalized spacial score (nSPS) is 16.3. The number of rotatable bonds is 4. The fourth-order valence-electron chi connectivity index (χ4n) is 3.48. The number of aliphatic hydroxyl groups excluding tert-OH is 1. The van der Waals surface area contributed by atoms with Gasteiger partial charge in [-0.1, -0.05) is 24.3 Å². The minimum atomic E-state index is -4.63. The van der Waals surface area contributed by atoms with Crippen LogP contribution in [0.1, 0.15) is 0 Å². The molecule has 2 aliphatic heterocycles. The summed E-state index contributed by atoms with van der Waals surface area (Å²) >= 11 is 0. The van der Waals surface area contributed by atoms with Crippen molar-refractivity contribution in [1.29, 1.82) is 0 Å². The molecule has 32 heavy (non-hydrogen) atoms. The highest BCUT2D eigenvalue weighted by atomic mass is 32.2. The zero-order chi connectivity index (χ0) is 23.1. The van der Waals surface area contributed by atoms with Gasteiger partial charge in [0, 0.05) is 11.4 Å². The molecular formula is C18H16N6O6S2. The predicted octanol–water partition coefficient (Wildman–Crippen LogP) is -0.211. The van der Waals surface area contributed by atoms with E-state index in [4.69, 9.17) is 10.2 Å². The highest BCUT2D eigenvalue weighted by molar-refractivity contribution is 7.93. The Labute approximate surface area is 181 Å². The summed E-state index contributed by atoms with van der Waals surface area (Å²) in [4.78, 5) is -1.34. The van der Waals surface area contributed by atoms with Crippen LogP contribution in [0.2, 0.25) is 0 Å². The quantitative estimate of drug-likeness (QED) is 0.544. The first-order valence-electron chi connectivity index (χ1n) is 9.00. The molecule has 0 fully saturated rings. The Bertz CT molecular complexity index is 1630. The SMILES string of the molecule is NS(=O)(=O)c1c(S(=O)(=O)CCO)ccc(=c2cccc3c2=CC=CN3O)c1=C1N=NN=N1. The van der Waals surface area contributed by atoms with Gasteiger partial charge in [0.15, 0.2) is 9.84 Å². The summed E-state index contributed by atoms with van der Waals surface area (Å²) in [6.45, 7) is -0.723. The number of benzene rings is 2. The van der Waals surface area contributed by atoms with Crippen LogP contribution in [-0.4, -0.2) is 39.5 Å². The number of fused-ring (bicyclic) bond motifs is 1. The van der Waals surface area contributed by atoms with Crippen molar-refractivity contribution in [3.63, 3.8) is 0 Å². The van der Waals surface area contributed by atoms with Crippen molar-refractivity contribution in [2.24, 2.45) is 25.8 Å². The summed E-state index contributed by atoms with van der Waals surface area (Å²) in [6.07, 6.45) is 4.69. The monoisotopic (exact) mass is 476 g/mol. The maximum Gasteiger partial charge on any atom is 0.240 e. The van der Waals surface area contributed by atoms with E-state index in [0.717, 1.165) is 11.1 Å². The van der Waals surface area contributed by atoms with Gasteiger partial charge in [0.1, 0.15) is 4.90 Å². The highest BCUT2D eigenvalue weighted by Crippen LogP contribution is 2.21. The van der Waals surface area contributed by atoms with Crippen molar-refractivity contribution in [3.05, 3.63) is 63.5 Å². The molecule has 0 amide bonds. The number of hydrogen-bond donors (Lipinski definition) is 3. The van der Waals surface area contributed by atoms with E-state index >= 15 is 0 Å². The average molecular weight is 476 g/mol. The van der Waals surface area contributed by atoms with Crippen LogP contribution in [0, 0.1) is 10.4 Å². The number of anilines is 1. The lowest BCUT2D eigenvalue weighted by Gasteiger charge is -2.16. The molecule has 0 saturated carbocycles. The van der Waals surface area contributed by atoms with Gasteiger partial charge >= 0.3 is 0 Å². The van der Waals surface area contributed by atoms with E-state index in [2.05, 4.69) is 20.7 Å². The highest BCUT2D eigenvalue weighted by Gasteiger charge is 2.28. The topological polar surface area (TPSA) is 187 Å². The number of sulfonamides is 1. The molecule has 4 rings (SSSR count). The summed E-state index contributed by atoms with van der Waals surface area (Å²) in [5.74, 6) is -0.972. The van der Waals surface area contributed by atoms with Gasteiger partial charge in [0.2, 0.25) is 15.8 Å². The number of nitrogens with two attached hydrogens (primary N) is 1. The Morgan fingerprint density at radius 3 is 2.38 bits per heavy atom. The number of hydroxylamine groups is 1. The van der Waals surface area contributed by atoms with Gasteiger partial charge in [0.05, 0.1) is 28.2 Å². The summed E-state index contributed by atoms with van der Waals surface area (Å²) in [7, 11) is -8.87. The molecule has 4 N–H and O–H groups in total. The molecule has 0 aliphatic carbocycles. The van der Waals surface area contributed by atoms with Crippen LogP contribution in [0.25, 0.3) is 11.9 Å². The zero-order valence-corrected chi connectivity index (χ0v) is 17.8. The third kappa shape index (κ3) is 3.74. The lowest BCUT2D eigenvalue weighted by Crippen LogP contribution is -2.29. The van der Waals surface area contributed by atoms with Crippen molar-refractivity contribution in [2.45, 2.75) is 9.79 Å². The Morgan fingerprint density at radius 1 is 1.00 bits per heavy atom. The second-order valence-corrected chi connectivity index (χ2v) is 10.3. The third-order valence-electron chi connectivity index (χ3n) is 4.75. The Morgan fingerprint density at radius 2 is 1.72 bits per heavy atom. The van der Waals surface area contributed by atoms with E-state index in [9.17, 15) is 22.0 Å². The average Bonchev–Trinajstić information content (AvgIpc) is 3.26. The van der Waals surface area contributed by atoms with Crippen molar-refractivity contribution in [1.82, 2.24) is 0 Å². The van der Waals surface area contributed by atoms with E-state index in [1.54, 1.807) is 30.4 Å². The largest absolute Gasteiger partial charge is 0.395 e. The van der Waals surface area contributed by atoms with Crippen LogP contribution in [0.15, 0.2) is 73.1 Å². The lowest BCUT2D eigenvalue weighted by molar-refractivity contribution is 0.294. The van der Waals surface area contributed by atoms with E-state index < -0.39 is 42.0 Å². The Balaban J connectivity index is 2.38. The zero-order valence-electron chi connectivity index (χ0n) is 16.2. The van der Waals surface area contributed by atoms with Gasteiger partial charge in [-0.25, -0.2) is 27.0 Å². The first kappa shape index (κ1) is 21.9. The molecule has 0 unspecified atom stereocenters. The van der Waals surface area contributed by atoms with E-state index in [-0.39, 0.29) is 16.3 Å². The molecule has 2 aliphatic rings. The fraction of sp³-hybridized carbons (Fsp3) is 0.111. The number of nitrogens with zero attached hydrogens (tertiary/aromatic N) is 5. The van der Waals surface area contributed by atoms with Gasteiger partial charge in [-0.2, -0.15) is 0 Å². The van der Waals surface area contributed by atoms with E-state index in [1.807, 2.05) is 0 Å². The first-order valence-corrected chi connectivity index (χ1v) is 12.2. The smallest absolute Gasteiger partial charge is 0.240 e. The van der Waals surface area contributed by atoms with Crippen molar-refractivity contribution >= 4 is 37.4 Å². The molecule has 0 atom stereocenters. The van der Waals surface area contributed by atoms with Crippen LogP contribution >= 0.6 is 0 Å². The third-order valence-corrected chi connectivity index (χ3v) is 7.61. The number of sulfone groups is 1. The van der Waals surface area contributed by atoms with Crippen molar-refractivity contribution in [3.8, 4) is 0 Å². The van der Waals surface area contributed by atoms with Crippen molar-refractivity contribution < 1.29 is 27.1 Å². The van der Waals surface area contributed by atoms with Crippen LogP contribution in [0.4, 0.5) is 5.69 Å². The molecule has 166 valence electrons. The fourth-order valence-corrected chi connectivity index (χ4v) is 6.16. The van der Waals surface area contributed by atoms with Crippen molar-refractivity contribution in [2.75, 3.05) is 17.4 Å². The van der Waals surface area contributed by atoms with Gasteiger partial charge in [-0.05, 0) is 39.1 Å². The summed E-state index contributed by atoms with van der Waals surface area (Å²) in [6, 6.07) is 7.40. The Hall–Kier alpha value is -3.30. The van der Waals surface area contributed by atoms with E-state index in [0.29, 0.717) is 16.1 Å². The molecule has 12 nitrogen and oxygen atoms in total. The van der Waals surface area contributed by atoms with E-state index in [1.165, 1.54) is 12.3 Å². The standard InChI is InChI=1S/C18H16N6O6S2/c19-32(29,30)17-15(31(27,28)10-9-25)7-6-13(16(17)18-20-22-23-21-18)11-3-1-5-14-12(11)4-2-8-24(14)26/h1-8,25-26H,9-10H2,(H2,19,29,30). The number of allylic oxidation sites excluding steroid dienone is 1. The van der Waals surface area contributed by atoms with Gasteiger partial charge in [-0.15, -0.1) is 10.2 Å². The first-order chi connectivity index (χ1) is 15.1. The molecule has 0 saturated heterocycles. The number of aliphatic hydroxyl groups is 1. The molecule has 0 aromatic heterocycles. The van der Waals surface area contributed by atoms with Gasteiger partial charge in [0.25, 0.3) is 0 Å². The molecule has 0 spiro atoms. The summed E-state index contributed by atoms with van der Waals surface area (Å²) in [5.41, 5.74) is 0.407. The van der Waals surface area contributed by atoms with Crippen LogP contribution in [0.3, 0.4) is 0 Å². The minimum Gasteiger partial charge on any atom is -0.395 e. The molecular weight excluding hydrogens is 460 g/mol. The maximum absolute atomic E-state index is 12.7. The lowest BCUT2D eigenvalue weighted by atomic mass is 10.1. The molecule has 0 radical (unpaired) electrons.